The van der Waals surface area contributed by atoms with Crippen LogP contribution in [-0.2, 0) is 0 Å². The lowest BCUT2D eigenvalue weighted by atomic mass is 9.89. The van der Waals surface area contributed by atoms with E-state index in [9.17, 15) is 0 Å². The lowest BCUT2D eigenvalue weighted by Crippen LogP contribution is -2.36. The van der Waals surface area contributed by atoms with Gasteiger partial charge in [-0.1, -0.05) is 0 Å². The first-order chi connectivity index (χ1) is 8.78. The number of aryl methyl sites for hydroxylation is 1. The minimum absolute atomic E-state index is 0.459. The highest BCUT2D eigenvalue weighted by molar-refractivity contribution is 5.79. The highest BCUT2D eigenvalue weighted by atomic mass is 15.1. The van der Waals surface area contributed by atoms with Crippen LogP contribution in [0.15, 0.2) is 18.3 Å². The van der Waals surface area contributed by atoms with Crippen molar-refractivity contribution in [2.45, 2.75) is 25.8 Å². The van der Waals surface area contributed by atoms with Crippen molar-refractivity contribution >= 4 is 10.9 Å². The van der Waals surface area contributed by atoms with Gasteiger partial charge in [-0.15, -0.1) is 0 Å². The van der Waals surface area contributed by atoms with E-state index in [0.717, 1.165) is 18.6 Å². The van der Waals surface area contributed by atoms with Crippen LogP contribution in [0.4, 0.5) is 0 Å². The van der Waals surface area contributed by atoms with Crippen molar-refractivity contribution in [3.05, 3.63) is 29.5 Å². The molecule has 0 radical (unpaired) electrons. The van der Waals surface area contributed by atoms with Gasteiger partial charge in [0.05, 0.1) is 11.7 Å². The molecular formula is C14H20N4. The summed E-state index contributed by atoms with van der Waals surface area (Å²) < 4.78 is 0. The second-order valence-electron chi connectivity index (χ2n) is 5.31. The van der Waals surface area contributed by atoms with Gasteiger partial charge in [-0.3, -0.25) is 5.10 Å². The number of nitrogens with one attached hydrogen (secondary N) is 2. The van der Waals surface area contributed by atoms with Gasteiger partial charge in [0.25, 0.3) is 0 Å². The van der Waals surface area contributed by atoms with Crippen LogP contribution in [-0.4, -0.2) is 23.3 Å². The summed E-state index contributed by atoms with van der Waals surface area (Å²) >= 11 is 0. The first-order valence-corrected chi connectivity index (χ1v) is 6.65. The summed E-state index contributed by atoms with van der Waals surface area (Å²) in [6.07, 6.45) is 4.27. The Labute approximate surface area is 107 Å². The van der Waals surface area contributed by atoms with Gasteiger partial charge in [0.2, 0.25) is 0 Å². The molecule has 1 aliphatic heterocycles. The number of aromatic nitrogens is 2. The third-order valence-electron chi connectivity index (χ3n) is 4.05. The van der Waals surface area contributed by atoms with Crippen molar-refractivity contribution in [1.29, 1.82) is 0 Å². The molecule has 1 fully saturated rings. The average molecular weight is 244 g/mol. The van der Waals surface area contributed by atoms with Crippen LogP contribution < -0.4 is 11.1 Å². The lowest BCUT2D eigenvalue weighted by Gasteiger charge is -2.30. The molecule has 0 aliphatic carbocycles. The van der Waals surface area contributed by atoms with Crippen molar-refractivity contribution in [2.75, 3.05) is 13.1 Å². The number of fused-ring (bicyclic) bond motifs is 1. The van der Waals surface area contributed by atoms with Crippen LogP contribution in [0, 0.1) is 12.8 Å². The molecule has 2 aromatic rings. The average Bonchev–Trinajstić information content (AvgIpc) is 2.85. The van der Waals surface area contributed by atoms with Crippen LogP contribution in [0.1, 0.15) is 30.0 Å². The SMILES string of the molecule is Cc1cc2cn[nH]c2cc1C1CCC(CN)CN1. The minimum atomic E-state index is 0.459. The maximum atomic E-state index is 5.72. The highest BCUT2D eigenvalue weighted by Crippen LogP contribution is 2.29. The van der Waals surface area contributed by atoms with Crippen molar-refractivity contribution in [3.63, 3.8) is 0 Å². The van der Waals surface area contributed by atoms with Gasteiger partial charge in [-0.25, -0.2) is 0 Å². The smallest absolute Gasteiger partial charge is 0.0653 e. The van der Waals surface area contributed by atoms with Crippen LogP contribution in [0.25, 0.3) is 10.9 Å². The summed E-state index contributed by atoms with van der Waals surface area (Å²) in [6, 6.07) is 4.91. The van der Waals surface area contributed by atoms with E-state index in [1.165, 1.54) is 29.4 Å². The Kier molecular flexibility index (Phi) is 3.06. The van der Waals surface area contributed by atoms with E-state index in [2.05, 4.69) is 34.6 Å². The second-order valence-corrected chi connectivity index (χ2v) is 5.31. The summed E-state index contributed by atoms with van der Waals surface area (Å²) in [5, 5.41) is 11.9. The third-order valence-corrected chi connectivity index (χ3v) is 4.05. The van der Waals surface area contributed by atoms with E-state index in [-0.39, 0.29) is 0 Å². The molecule has 1 aliphatic rings. The monoisotopic (exact) mass is 244 g/mol. The molecule has 4 heteroatoms. The first-order valence-electron chi connectivity index (χ1n) is 6.65. The molecule has 0 bridgehead atoms. The van der Waals surface area contributed by atoms with Crippen LogP contribution >= 0.6 is 0 Å². The van der Waals surface area contributed by atoms with Gasteiger partial charge in [0.15, 0.2) is 0 Å². The van der Waals surface area contributed by atoms with Gasteiger partial charge in [-0.2, -0.15) is 5.10 Å². The molecule has 2 atom stereocenters. The molecular weight excluding hydrogens is 224 g/mol. The predicted octanol–water partition coefficient (Wildman–Crippen LogP) is 1.87. The summed E-state index contributed by atoms with van der Waals surface area (Å²) in [7, 11) is 0. The molecule has 4 nitrogen and oxygen atoms in total. The van der Waals surface area contributed by atoms with E-state index in [1.54, 1.807) is 0 Å². The van der Waals surface area contributed by atoms with E-state index in [0.29, 0.717) is 12.0 Å². The molecule has 1 aromatic heterocycles. The zero-order valence-corrected chi connectivity index (χ0v) is 10.7. The third kappa shape index (κ3) is 2.02. The van der Waals surface area contributed by atoms with Crippen LogP contribution in [0.5, 0.6) is 0 Å². The van der Waals surface area contributed by atoms with Crippen LogP contribution in [0.2, 0.25) is 0 Å². The van der Waals surface area contributed by atoms with E-state index in [1.807, 2.05) is 6.20 Å². The van der Waals surface area contributed by atoms with Gasteiger partial charge in [0, 0.05) is 11.4 Å². The van der Waals surface area contributed by atoms with Crippen molar-refractivity contribution in [3.8, 4) is 0 Å². The molecule has 0 amide bonds. The first kappa shape index (κ1) is 11.7. The number of nitrogens with zero attached hydrogens (tertiary/aromatic N) is 1. The zero-order chi connectivity index (χ0) is 12.5. The van der Waals surface area contributed by atoms with Crippen molar-refractivity contribution < 1.29 is 0 Å². The summed E-state index contributed by atoms with van der Waals surface area (Å²) in [6.45, 7) is 4.00. The number of hydrogen-bond donors (Lipinski definition) is 3. The molecule has 96 valence electrons. The number of nitrogens with two attached hydrogens (primary N) is 1. The van der Waals surface area contributed by atoms with Crippen molar-refractivity contribution in [2.24, 2.45) is 11.7 Å². The minimum Gasteiger partial charge on any atom is -0.330 e. The summed E-state index contributed by atoms with van der Waals surface area (Å²) in [5.41, 5.74) is 9.58. The van der Waals surface area contributed by atoms with Gasteiger partial charge in [-0.05, 0) is 62.0 Å². The Morgan fingerprint density at radius 3 is 3.00 bits per heavy atom. The number of piperidine rings is 1. The van der Waals surface area contributed by atoms with Crippen molar-refractivity contribution in [1.82, 2.24) is 15.5 Å². The highest BCUT2D eigenvalue weighted by Gasteiger charge is 2.22. The molecule has 2 unspecified atom stereocenters. The fourth-order valence-corrected chi connectivity index (χ4v) is 2.88. The maximum Gasteiger partial charge on any atom is 0.0653 e. The Morgan fingerprint density at radius 2 is 2.28 bits per heavy atom. The Morgan fingerprint density at radius 1 is 1.39 bits per heavy atom. The molecule has 1 aromatic carbocycles. The van der Waals surface area contributed by atoms with E-state index >= 15 is 0 Å². The summed E-state index contributed by atoms with van der Waals surface area (Å²) in [5.74, 6) is 0.637. The van der Waals surface area contributed by atoms with E-state index in [4.69, 9.17) is 5.73 Å². The molecule has 2 heterocycles. The molecule has 0 saturated carbocycles. The molecule has 0 spiro atoms. The second kappa shape index (κ2) is 4.71. The largest absolute Gasteiger partial charge is 0.330 e. The van der Waals surface area contributed by atoms with Gasteiger partial charge < -0.3 is 11.1 Å². The predicted molar refractivity (Wildman–Crippen MR) is 73.4 cm³/mol. The van der Waals surface area contributed by atoms with Gasteiger partial charge in [0.1, 0.15) is 0 Å². The lowest BCUT2D eigenvalue weighted by molar-refractivity contribution is 0.320. The Bertz CT molecular complexity index is 538. The standard InChI is InChI=1S/C14H20N4/c1-9-4-11-8-17-18-14(11)5-12(9)13-3-2-10(6-15)7-16-13/h4-5,8,10,13,16H,2-3,6-7,15H2,1H3,(H,17,18). The maximum absolute atomic E-state index is 5.72. The topological polar surface area (TPSA) is 66.7 Å². The molecule has 3 rings (SSSR count). The normalized spacial score (nSPS) is 24.6. The zero-order valence-electron chi connectivity index (χ0n) is 10.7. The molecule has 18 heavy (non-hydrogen) atoms. The number of rotatable bonds is 2. The quantitative estimate of drug-likeness (QED) is 0.755. The number of aromatic amines is 1. The Balaban J connectivity index is 1.87. The number of benzene rings is 1. The Hall–Kier alpha value is -1.39. The number of hydrogen-bond acceptors (Lipinski definition) is 3. The fraction of sp³-hybridized carbons (Fsp3) is 0.500. The molecule has 4 N–H and O–H groups in total. The fourth-order valence-electron chi connectivity index (χ4n) is 2.88. The number of H-pyrrole nitrogens is 1. The van der Waals surface area contributed by atoms with Gasteiger partial charge >= 0.3 is 0 Å². The van der Waals surface area contributed by atoms with E-state index < -0.39 is 0 Å². The summed E-state index contributed by atoms with van der Waals surface area (Å²) in [4.78, 5) is 0. The molecule has 1 saturated heterocycles. The van der Waals surface area contributed by atoms with Crippen LogP contribution in [0.3, 0.4) is 0 Å².